The fraction of sp³-hybridized carbons (Fsp3) is 0.625. The molecule has 1 aliphatic heterocycles. The number of nitrogens with one attached hydrogen (secondary N) is 1. The van der Waals surface area contributed by atoms with Gasteiger partial charge in [0.05, 0.1) is 18.5 Å². The molecule has 2 heterocycles. The number of ether oxygens (including phenoxy) is 1. The van der Waals surface area contributed by atoms with Gasteiger partial charge in [-0.15, -0.1) is 0 Å². The Morgan fingerprint density at radius 3 is 3.00 bits per heavy atom. The minimum Gasteiger partial charge on any atom is -0.364 e. The van der Waals surface area contributed by atoms with Crippen LogP contribution in [0, 0.1) is 16.7 Å². The Morgan fingerprint density at radius 2 is 2.35 bits per heavy atom. The first-order valence-electron chi connectivity index (χ1n) is 7.37. The van der Waals surface area contributed by atoms with Gasteiger partial charge in [-0.1, -0.05) is 13.8 Å². The van der Waals surface area contributed by atoms with Crippen molar-refractivity contribution in [1.82, 2.24) is 4.98 Å². The summed E-state index contributed by atoms with van der Waals surface area (Å²) in [6.07, 6.45) is 6.58. The number of hydrogen-bond acceptors (Lipinski definition) is 3. The van der Waals surface area contributed by atoms with Crippen LogP contribution >= 0.6 is 0 Å². The van der Waals surface area contributed by atoms with E-state index in [4.69, 9.17) is 4.74 Å². The molecule has 0 radical (unpaired) electrons. The molecule has 0 unspecified atom stereocenters. The van der Waals surface area contributed by atoms with E-state index >= 15 is 0 Å². The van der Waals surface area contributed by atoms with Crippen LogP contribution in [0.15, 0.2) is 24.5 Å². The summed E-state index contributed by atoms with van der Waals surface area (Å²) in [6, 6.07) is 3.70. The van der Waals surface area contributed by atoms with E-state index < -0.39 is 5.60 Å². The number of hydrogen-bond donors (Lipinski definition) is 1. The quantitative estimate of drug-likeness (QED) is 0.900. The summed E-state index contributed by atoms with van der Waals surface area (Å²) in [6.45, 7) is 5.27. The average Bonchev–Trinajstić information content (AvgIpc) is 2.92. The smallest absolute Gasteiger partial charge is 0.257 e. The fourth-order valence-electron chi connectivity index (χ4n) is 4.93. The zero-order valence-electron chi connectivity index (χ0n) is 12.0. The van der Waals surface area contributed by atoms with Gasteiger partial charge in [0, 0.05) is 17.0 Å². The van der Waals surface area contributed by atoms with Crippen molar-refractivity contribution in [3.05, 3.63) is 24.5 Å². The van der Waals surface area contributed by atoms with E-state index in [1.165, 1.54) is 6.42 Å². The standard InChI is InChI=1S/C16H20N2O2/c1-14-10-20-16(8-11(14)5-6-15(14,16)2)13(19)18-12-4-3-7-17-9-12/h3-4,7,9,11H,5-6,8,10H2,1-2H3,(H,18,19)/t11-,14-,15+,16-/m0/s1. The molecule has 1 aromatic heterocycles. The molecule has 4 heteroatoms. The molecule has 3 fully saturated rings. The van der Waals surface area contributed by atoms with Gasteiger partial charge in [-0.2, -0.15) is 0 Å². The van der Waals surface area contributed by atoms with Crippen molar-refractivity contribution in [2.75, 3.05) is 11.9 Å². The first-order chi connectivity index (χ1) is 9.52. The number of anilines is 1. The molecule has 20 heavy (non-hydrogen) atoms. The van der Waals surface area contributed by atoms with Crippen molar-refractivity contribution < 1.29 is 9.53 Å². The molecule has 4 rings (SSSR count). The predicted octanol–water partition coefficient (Wildman–Crippen LogP) is 2.62. The third-order valence-electron chi connectivity index (χ3n) is 6.48. The lowest BCUT2D eigenvalue weighted by Gasteiger charge is -2.39. The molecule has 1 aromatic rings. The molecule has 4 nitrogen and oxygen atoms in total. The Labute approximate surface area is 118 Å². The molecule has 1 amide bonds. The van der Waals surface area contributed by atoms with Crippen molar-refractivity contribution >= 4 is 11.6 Å². The molecule has 0 aromatic carbocycles. The van der Waals surface area contributed by atoms with Crippen molar-refractivity contribution in [2.45, 2.75) is 38.7 Å². The Balaban J connectivity index is 1.68. The molecule has 2 aliphatic carbocycles. The van der Waals surface area contributed by atoms with Crippen LogP contribution in [0.1, 0.15) is 33.1 Å². The van der Waals surface area contributed by atoms with E-state index in [2.05, 4.69) is 24.1 Å². The highest BCUT2D eigenvalue weighted by Gasteiger charge is 2.78. The largest absolute Gasteiger partial charge is 0.364 e. The molecule has 2 saturated carbocycles. The minimum absolute atomic E-state index is 0.0129. The van der Waals surface area contributed by atoms with Crippen LogP contribution in [0.2, 0.25) is 0 Å². The van der Waals surface area contributed by atoms with Crippen molar-refractivity contribution in [3.63, 3.8) is 0 Å². The second kappa shape index (κ2) is 3.61. The number of nitrogens with zero attached hydrogens (tertiary/aromatic N) is 1. The van der Waals surface area contributed by atoms with Crippen molar-refractivity contribution in [1.29, 1.82) is 0 Å². The Bertz CT molecular complexity index is 575. The third-order valence-corrected chi connectivity index (χ3v) is 6.48. The lowest BCUT2D eigenvalue weighted by Crippen LogP contribution is -2.52. The number of amides is 1. The summed E-state index contributed by atoms with van der Waals surface area (Å²) >= 11 is 0. The summed E-state index contributed by atoms with van der Waals surface area (Å²) in [4.78, 5) is 16.9. The Morgan fingerprint density at radius 1 is 1.50 bits per heavy atom. The van der Waals surface area contributed by atoms with Gasteiger partial charge < -0.3 is 10.1 Å². The van der Waals surface area contributed by atoms with Gasteiger partial charge in [0.2, 0.25) is 0 Å². The lowest BCUT2D eigenvalue weighted by molar-refractivity contribution is -0.149. The minimum atomic E-state index is -0.638. The topological polar surface area (TPSA) is 51.2 Å². The van der Waals surface area contributed by atoms with E-state index in [-0.39, 0.29) is 16.7 Å². The average molecular weight is 272 g/mol. The van der Waals surface area contributed by atoms with E-state index in [9.17, 15) is 4.79 Å². The van der Waals surface area contributed by atoms with Crippen LogP contribution in [0.5, 0.6) is 0 Å². The number of rotatable bonds is 2. The Kier molecular flexibility index (Phi) is 2.23. The number of aromatic nitrogens is 1. The van der Waals surface area contributed by atoms with E-state index in [1.54, 1.807) is 12.4 Å². The normalized spacial score (nSPS) is 44.8. The van der Waals surface area contributed by atoms with Gasteiger partial charge in [0.1, 0.15) is 0 Å². The molecule has 4 atom stereocenters. The van der Waals surface area contributed by atoms with Crippen LogP contribution in [0.4, 0.5) is 5.69 Å². The molecule has 106 valence electrons. The summed E-state index contributed by atoms with van der Waals surface area (Å²) < 4.78 is 6.08. The second-order valence-corrected chi connectivity index (χ2v) is 7.00. The molecule has 4 bridgehead atoms. The third kappa shape index (κ3) is 1.17. The van der Waals surface area contributed by atoms with Gasteiger partial charge in [-0.3, -0.25) is 9.78 Å². The maximum Gasteiger partial charge on any atom is 0.257 e. The van der Waals surface area contributed by atoms with Gasteiger partial charge in [0.25, 0.3) is 5.91 Å². The summed E-state index contributed by atoms with van der Waals surface area (Å²) in [5.41, 5.74) is 0.243. The number of carbonyl (C=O) groups excluding carboxylic acids is 1. The Hall–Kier alpha value is -1.42. The zero-order valence-corrected chi connectivity index (χ0v) is 12.0. The van der Waals surface area contributed by atoms with E-state index in [0.717, 1.165) is 18.5 Å². The summed E-state index contributed by atoms with van der Waals surface area (Å²) in [5, 5.41) is 3.00. The van der Waals surface area contributed by atoms with Crippen molar-refractivity contribution in [3.8, 4) is 0 Å². The number of pyridine rings is 1. The lowest BCUT2D eigenvalue weighted by atomic mass is 9.66. The van der Waals surface area contributed by atoms with Crippen LogP contribution in [0.3, 0.4) is 0 Å². The summed E-state index contributed by atoms with van der Waals surface area (Å²) in [7, 11) is 0. The predicted molar refractivity (Wildman–Crippen MR) is 75.1 cm³/mol. The van der Waals surface area contributed by atoms with E-state index in [1.807, 2.05) is 12.1 Å². The van der Waals surface area contributed by atoms with Gasteiger partial charge in [-0.25, -0.2) is 0 Å². The zero-order chi connectivity index (χ0) is 14.0. The molecule has 1 N–H and O–H groups in total. The highest BCUT2D eigenvalue weighted by atomic mass is 16.5. The SMILES string of the molecule is C[C@]12CC[C@H]3C[C@@]1(C(=O)Nc1cccnc1)OC[C@@]32C. The van der Waals surface area contributed by atoms with Gasteiger partial charge in [0.15, 0.2) is 5.60 Å². The van der Waals surface area contributed by atoms with Gasteiger partial charge in [-0.05, 0) is 37.3 Å². The second-order valence-electron chi connectivity index (χ2n) is 7.00. The summed E-state index contributed by atoms with van der Waals surface area (Å²) in [5.74, 6) is 0.639. The fourth-order valence-corrected chi connectivity index (χ4v) is 4.93. The maximum absolute atomic E-state index is 12.9. The molecule has 3 aliphatic rings. The first kappa shape index (κ1) is 12.3. The molecular formula is C16H20N2O2. The van der Waals surface area contributed by atoms with Crippen LogP contribution in [-0.2, 0) is 9.53 Å². The van der Waals surface area contributed by atoms with Crippen LogP contribution in [-0.4, -0.2) is 23.1 Å². The molecule has 1 saturated heterocycles. The first-order valence-corrected chi connectivity index (χ1v) is 7.37. The highest BCUT2D eigenvalue weighted by Crippen LogP contribution is 2.75. The maximum atomic E-state index is 12.9. The van der Waals surface area contributed by atoms with E-state index in [0.29, 0.717) is 12.5 Å². The van der Waals surface area contributed by atoms with Gasteiger partial charge >= 0.3 is 0 Å². The number of carbonyl (C=O) groups is 1. The van der Waals surface area contributed by atoms with Crippen molar-refractivity contribution in [2.24, 2.45) is 16.7 Å². The monoisotopic (exact) mass is 272 g/mol. The molecule has 0 spiro atoms. The van der Waals surface area contributed by atoms with Crippen LogP contribution < -0.4 is 5.32 Å². The highest BCUT2D eigenvalue weighted by molar-refractivity contribution is 5.99. The van der Waals surface area contributed by atoms with Crippen LogP contribution in [0.25, 0.3) is 0 Å². The molecular weight excluding hydrogens is 252 g/mol.